The molecule has 0 fully saturated rings. The first kappa shape index (κ1) is 11.1. The van der Waals surface area contributed by atoms with E-state index in [0.717, 1.165) is 0 Å². The predicted octanol–water partition coefficient (Wildman–Crippen LogP) is -0.281. The van der Waals surface area contributed by atoms with E-state index in [1.54, 1.807) is 0 Å². The Kier molecular flexibility index (Phi) is 6.70. The van der Waals surface area contributed by atoms with E-state index < -0.39 is 10.4 Å². The molecular formula is C3H6O5S. The van der Waals surface area contributed by atoms with E-state index in [2.05, 4.69) is 6.58 Å². The van der Waals surface area contributed by atoms with Crippen LogP contribution < -0.4 is 0 Å². The van der Waals surface area contributed by atoms with Crippen LogP contribution in [0.25, 0.3) is 0 Å². The fraction of sp³-hybridized carbons (Fsp3) is 0. The topological polar surface area (TPSA) is 91.7 Å². The monoisotopic (exact) mass is 154 g/mol. The van der Waals surface area contributed by atoms with Gasteiger partial charge in [-0.3, -0.25) is 13.9 Å². The number of rotatable bonds is 1. The molecule has 0 spiro atoms. The minimum atomic E-state index is -4.67. The van der Waals surface area contributed by atoms with Gasteiger partial charge < -0.3 is 0 Å². The summed E-state index contributed by atoms with van der Waals surface area (Å²) in [5.74, 6) is 0. The standard InChI is InChI=1S/C3H4O.H2O4S/c1-2-3-4;1-5(2,3)4/h2-3H,1H2;(H2,1,2,3,4). The number of hydrogen-bond donors (Lipinski definition) is 2. The van der Waals surface area contributed by atoms with Gasteiger partial charge in [0, 0.05) is 0 Å². The average molecular weight is 154 g/mol. The highest BCUT2D eigenvalue weighted by atomic mass is 32.3. The maximum Gasteiger partial charge on any atom is 0.394 e. The zero-order valence-electron chi connectivity index (χ0n) is 4.39. The summed E-state index contributed by atoms with van der Waals surface area (Å²) in [6, 6.07) is 0. The van der Waals surface area contributed by atoms with E-state index in [1.807, 2.05) is 0 Å². The van der Waals surface area contributed by atoms with Crippen molar-refractivity contribution in [3.63, 3.8) is 0 Å². The highest BCUT2D eigenvalue weighted by Gasteiger charge is 1.84. The van der Waals surface area contributed by atoms with Gasteiger partial charge >= 0.3 is 10.4 Å². The quantitative estimate of drug-likeness (QED) is 0.308. The lowest BCUT2D eigenvalue weighted by atomic mass is 10.8. The molecule has 54 valence electrons. The lowest BCUT2D eigenvalue weighted by Gasteiger charge is -1.68. The minimum Gasteiger partial charge on any atom is -0.299 e. The number of carbonyl (C=O) groups excluding carboxylic acids is 1. The van der Waals surface area contributed by atoms with E-state index >= 15 is 0 Å². The van der Waals surface area contributed by atoms with Gasteiger partial charge in [0.2, 0.25) is 0 Å². The molecule has 0 radical (unpaired) electrons. The SMILES string of the molecule is C=CC=O.O=S(=O)(O)O. The van der Waals surface area contributed by atoms with E-state index in [4.69, 9.17) is 22.3 Å². The number of aldehydes is 1. The van der Waals surface area contributed by atoms with Crippen molar-refractivity contribution in [2.45, 2.75) is 0 Å². The Hall–Kier alpha value is -0.720. The Labute approximate surface area is 52.6 Å². The summed E-state index contributed by atoms with van der Waals surface area (Å²) in [4.78, 5) is 9.06. The van der Waals surface area contributed by atoms with Gasteiger partial charge in [0.15, 0.2) is 0 Å². The molecule has 5 nitrogen and oxygen atoms in total. The van der Waals surface area contributed by atoms with Crippen LogP contribution in [-0.2, 0) is 15.2 Å². The van der Waals surface area contributed by atoms with E-state index in [9.17, 15) is 0 Å². The molecule has 0 saturated heterocycles. The van der Waals surface area contributed by atoms with Crippen LogP contribution in [0.1, 0.15) is 0 Å². The van der Waals surface area contributed by atoms with Gasteiger partial charge in [-0.25, -0.2) is 0 Å². The molecule has 0 aromatic heterocycles. The molecule has 2 N–H and O–H groups in total. The molecule has 0 heterocycles. The molecule has 0 aliphatic rings. The lowest BCUT2D eigenvalue weighted by Crippen LogP contribution is -1.89. The lowest BCUT2D eigenvalue weighted by molar-refractivity contribution is -0.104. The van der Waals surface area contributed by atoms with Crippen molar-refractivity contribution in [3.8, 4) is 0 Å². The van der Waals surface area contributed by atoms with Crippen molar-refractivity contribution in [3.05, 3.63) is 12.7 Å². The summed E-state index contributed by atoms with van der Waals surface area (Å²) in [6.45, 7) is 3.11. The fourth-order valence-corrected chi connectivity index (χ4v) is 0. The van der Waals surface area contributed by atoms with E-state index in [0.29, 0.717) is 6.29 Å². The van der Waals surface area contributed by atoms with Crippen LogP contribution >= 0.6 is 0 Å². The number of hydrogen-bond acceptors (Lipinski definition) is 3. The van der Waals surface area contributed by atoms with Crippen LogP contribution in [0.3, 0.4) is 0 Å². The number of allylic oxidation sites excluding steroid dienone is 1. The molecule has 0 saturated carbocycles. The first-order valence-corrected chi connectivity index (χ1v) is 3.07. The summed E-state index contributed by atoms with van der Waals surface area (Å²) in [6.07, 6.45) is 1.83. The second kappa shape index (κ2) is 5.42. The molecule has 0 aliphatic heterocycles. The van der Waals surface area contributed by atoms with Crippen LogP contribution in [0, 0.1) is 0 Å². The Bertz CT molecular complexity index is 153. The Morgan fingerprint density at radius 3 is 1.44 bits per heavy atom. The Morgan fingerprint density at radius 1 is 1.33 bits per heavy atom. The van der Waals surface area contributed by atoms with E-state index in [1.165, 1.54) is 6.08 Å². The molecule has 0 aromatic rings. The van der Waals surface area contributed by atoms with Crippen molar-refractivity contribution in [2.24, 2.45) is 0 Å². The molecular weight excluding hydrogens is 148 g/mol. The summed E-state index contributed by atoms with van der Waals surface area (Å²) < 4.78 is 31.6. The van der Waals surface area contributed by atoms with E-state index in [-0.39, 0.29) is 0 Å². The molecule has 0 rings (SSSR count). The third kappa shape index (κ3) is 2590. The molecule has 9 heavy (non-hydrogen) atoms. The van der Waals surface area contributed by atoms with Gasteiger partial charge in [-0.05, 0) is 6.08 Å². The Balaban J connectivity index is 0. The maximum absolute atomic E-state index is 9.06. The van der Waals surface area contributed by atoms with Gasteiger partial charge in [0.25, 0.3) is 0 Å². The van der Waals surface area contributed by atoms with Crippen LogP contribution in [0.15, 0.2) is 12.7 Å². The number of carbonyl (C=O) groups is 1. The summed E-state index contributed by atoms with van der Waals surface area (Å²) in [5.41, 5.74) is 0. The third-order valence-corrected chi connectivity index (χ3v) is 0.0962. The molecule has 0 bridgehead atoms. The van der Waals surface area contributed by atoms with Crippen molar-refractivity contribution in [1.29, 1.82) is 0 Å². The molecule has 6 heteroatoms. The second-order valence-electron chi connectivity index (χ2n) is 0.820. The first-order chi connectivity index (χ1) is 3.91. The summed E-state index contributed by atoms with van der Waals surface area (Å²) in [7, 11) is -4.67. The van der Waals surface area contributed by atoms with Crippen LogP contribution in [0.5, 0.6) is 0 Å². The van der Waals surface area contributed by atoms with Gasteiger partial charge in [0.05, 0.1) is 0 Å². The molecule has 0 atom stereocenters. The highest BCUT2D eigenvalue weighted by Crippen LogP contribution is 1.59. The zero-order valence-corrected chi connectivity index (χ0v) is 5.21. The zero-order chi connectivity index (χ0) is 7.91. The minimum absolute atomic E-state index is 0.639. The average Bonchev–Trinajstić information content (AvgIpc) is 1.61. The first-order valence-electron chi connectivity index (χ1n) is 1.68. The summed E-state index contributed by atoms with van der Waals surface area (Å²) in [5, 5.41) is 0. The van der Waals surface area contributed by atoms with Crippen LogP contribution in [0.4, 0.5) is 0 Å². The molecule has 0 aliphatic carbocycles. The normalized spacial score (nSPS) is 8.67. The third-order valence-electron chi connectivity index (χ3n) is 0.0962. The van der Waals surface area contributed by atoms with Gasteiger partial charge in [-0.15, -0.1) is 0 Å². The largest absolute Gasteiger partial charge is 0.394 e. The van der Waals surface area contributed by atoms with Gasteiger partial charge in [0.1, 0.15) is 6.29 Å². The molecule has 0 aromatic carbocycles. The second-order valence-corrected chi connectivity index (χ2v) is 1.72. The van der Waals surface area contributed by atoms with Gasteiger partial charge in [-0.2, -0.15) is 8.42 Å². The van der Waals surface area contributed by atoms with Crippen molar-refractivity contribution in [2.75, 3.05) is 0 Å². The molecule has 0 unspecified atom stereocenters. The maximum atomic E-state index is 9.06. The van der Waals surface area contributed by atoms with Gasteiger partial charge in [-0.1, -0.05) is 6.58 Å². The fourth-order valence-electron chi connectivity index (χ4n) is 0. The van der Waals surface area contributed by atoms with Crippen LogP contribution in [0.2, 0.25) is 0 Å². The summed E-state index contributed by atoms with van der Waals surface area (Å²) >= 11 is 0. The van der Waals surface area contributed by atoms with Crippen molar-refractivity contribution >= 4 is 16.7 Å². The van der Waals surface area contributed by atoms with Crippen LogP contribution in [-0.4, -0.2) is 23.8 Å². The van der Waals surface area contributed by atoms with Crippen molar-refractivity contribution in [1.82, 2.24) is 0 Å². The van der Waals surface area contributed by atoms with Crippen molar-refractivity contribution < 1.29 is 22.3 Å². The molecule has 0 amide bonds. The predicted molar refractivity (Wildman–Crippen MR) is 30.4 cm³/mol. The Morgan fingerprint density at radius 2 is 1.44 bits per heavy atom. The smallest absolute Gasteiger partial charge is 0.299 e. The highest BCUT2D eigenvalue weighted by molar-refractivity contribution is 7.79.